The van der Waals surface area contributed by atoms with Crippen LogP contribution in [-0.2, 0) is 7.05 Å². The lowest BCUT2D eigenvalue weighted by Crippen LogP contribution is -2.28. The molecule has 0 radical (unpaired) electrons. The quantitative estimate of drug-likeness (QED) is 0.615. The van der Waals surface area contributed by atoms with Crippen LogP contribution >= 0.6 is 0 Å². The van der Waals surface area contributed by atoms with Gasteiger partial charge in [-0.2, -0.15) is 4.68 Å². The molecule has 0 saturated carbocycles. The van der Waals surface area contributed by atoms with Gasteiger partial charge in [0.05, 0.1) is 6.54 Å². The van der Waals surface area contributed by atoms with Gasteiger partial charge in [-0.1, -0.05) is 11.1 Å². The number of fused-ring (bicyclic) bond motifs is 1. The Kier molecular flexibility index (Phi) is 2.58. The monoisotopic (exact) mass is 232 g/mol. The summed E-state index contributed by atoms with van der Waals surface area (Å²) < 4.78 is 2.18. The molecule has 0 saturated heterocycles. The van der Waals surface area contributed by atoms with Gasteiger partial charge in [0, 0.05) is 7.05 Å². The van der Waals surface area contributed by atoms with E-state index in [9.17, 15) is 9.59 Å². The molecular weight excluding hydrogens is 224 g/mol. The molecule has 1 N–H and O–H groups in total. The highest BCUT2D eigenvalue weighted by atomic mass is 16.2. The van der Waals surface area contributed by atoms with Crippen molar-refractivity contribution < 1.29 is 4.79 Å². The average molecular weight is 232 g/mol. The number of nitrogens with one attached hydrogen (secondary N) is 1. The fourth-order valence-corrected chi connectivity index (χ4v) is 1.26. The van der Waals surface area contributed by atoms with Crippen LogP contribution in [0.25, 0.3) is 5.65 Å². The van der Waals surface area contributed by atoms with Gasteiger partial charge in [0.25, 0.3) is 5.91 Å². The number of carbonyl (C=O) groups is 1. The van der Waals surface area contributed by atoms with E-state index >= 15 is 0 Å². The van der Waals surface area contributed by atoms with Crippen LogP contribution in [0.5, 0.6) is 0 Å². The van der Waals surface area contributed by atoms with Gasteiger partial charge >= 0.3 is 5.69 Å². The van der Waals surface area contributed by atoms with Crippen molar-refractivity contribution in [1.29, 1.82) is 0 Å². The van der Waals surface area contributed by atoms with E-state index in [0.29, 0.717) is 0 Å². The highest BCUT2D eigenvalue weighted by molar-refractivity contribution is 5.97. The zero-order valence-corrected chi connectivity index (χ0v) is 8.91. The number of hydrogen-bond acceptors (Lipinski definition) is 5. The summed E-state index contributed by atoms with van der Waals surface area (Å²) in [7, 11) is 1.45. The molecule has 2 aromatic heterocycles. The third kappa shape index (κ3) is 1.74. The Hall–Kier alpha value is -2.69. The summed E-state index contributed by atoms with van der Waals surface area (Å²) in [5.41, 5.74) is -0.313. The van der Waals surface area contributed by atoms with Crippen LogP contribution in [0.3, 0.4) is 0 Å². The Morgan fingerprint density at radius 2 is 2.41 bits per heavy atom. The van der Waals surface area contributed by atoms with Crippen LogP contribution in [0.1, 0.15) is 10.5 Å². The highest BCUT2D eigenvalue weighted by Gasteiger charge is 2.16. The van der Waals surface area contributed by atoms with Gasteiger partial charge in [0.15, 0.2) is 11.3 Å². The number of nitrogens with zero attached hydrogens (tertiary/aromatic N) is 5. The molecule has 8 nitrogen and oxygen atoms in total. The zero-order valence-electron chi connectivity index (χ0n) is 8.91. The molecule has 0 atom stereocenters. The molecule has 2 rings (SSSR count). The highest BCUT2D eigenvalue weighted by Crippen LogP contribution is 2.01. The third-order valence-electron chi connectivity index (χ3n) is 2.06. The Morgan fingerprint density at radius 3 is 3.12 bits per heavy atom. The molecule has 0 bridgehead atoms. The minimum Gasteiger partial charge on any atom is -0.340 e. The van der Waals surface area contributed by atoms with Gasteiger partial charge in [-0.05, 0) is 0 Å². The van der Waals surface area contributed by atoms with Crippen LogP contribution in [-0.4, -0.2) is 36.8 Å². The van der Waals surface area contributed by atoms with Gasteiger partial charge in [0.2, 0.25) is 0 Å². The lowest BCUT2D eigenvalue weighted by molar-refractivity contribution is 0.0955. The molecule has 17 heavy (non-hydrogen) atoms. The molecule has 0 aromatic carbocycles. The fourth-order valence-electron chi connectivity index (χ4n) is 1.26. The molecule has 0 aliphatic heterocycles. The van der Waals surface area contributed by atoms with E-state index in [1.165, 1.54) is 13.4 Å². The lowest BCUT2D eigenvalue weighted by atomic mass is 10.4. The minimum atomic E-state index is -0.493. The third-order valence-corrected chi connectivity index (χ3v) is 2.06. The first-order chi connectivity index (χ1) is 8.15. The molecule has 0 aliphatic rings. The first-order valence-electron chi connectivity index (χ1n) is 4.64. The van der Waals surface area contributed by atoms with Gasteiger partial charge in [-0.15, -0.1) is 11.5 Å². The topological polar surface area (TPSA) is 94.2 Å². The van der Waals surface area contributed by atoms with Gasteiger partial charge in [-0.3, -0.25) is 4.79 Å². The van der Waals surface area contributed by atoms with E-state index in [1.54, 1.807) is 0 Å². The molecule has 8 heteroatoms. The molecule has 86 valence electrons. The Bertz CT molecular complexity index is 677. The maximum absolute atomic E-state index is 11.6. The van der Waals surface area contributed by atoms with Crippen LogP contribution < -0.4 is 11.0 Å². The van der Waals surface area contributed by atoms with Crippen LogP contribution in [0.2, 0.25) is 0 Å². The molecular formula is C9H8N6O2. The molecule has 2 aromatic rings. The van der Waals surface area contributed by atoms with Crippen molar-refractivity contribution in [2.45, 2.75) is 0 Å². The summed E-state index contributed by atoms with van der Waals surface area (Å²) in [6, 6.07) is 0. The maximum atomic E-state index is 11.6. The van der Waals surface area contributed by atoms with E-state index in [-0.39, 0.29) is 17.9 Å². The second-order valence-electron chi connectivity index (χ2n) is 3.17. The van der Waals surface area contributed by atoms with Crippen molar-refractivity contribution in [3.8, 4) is 12.3 Å². The van der Waals surface area contributed by atoms with Crippen molar-refractivity contribution in [1.82, 2.24) is 29.7 Å². The summed E-state index contributed by atoms with van der Waals surface area (Å²) >= 11 is 0. The average Bonchev–Trinajstić information content (AvgIpc) is 2.75. The summed E-state index contributed by atoms with van der Waals surface area (Å²) in [5, 5.41) is 9.74. The first kappa shape index (κ1) is 10.8. The number of imidazole rings is 1. The molecule has 0 spiro atoms. The van der Waals surface area contributed by atoms with Crippen molar-refractivity contribution >= 4 is 11.6 Å². The summed E-state index contributed by atoms with van der Waals surface area (Å²) in [6.45, 7) is 0.0795. The van der Waals surface area contributed by atoms with E-state index in [4.69, 9.17) is 6.42 Å². The number of terminal acetylenes is 1. The number of aryl methyl sites for hydroxylation is 1. The van der Waals surface area contributed by atoms with E-state index in [0.717, 1.165) is 9.08 Å². The van der Waals surface area contributed by atoms with Crippen LogP contribution in [0.15, 0.2) is 11.1 Å². The van der Waals surface area contributed by atoms with Crippen molar-refractivity contribution in [2.75, 3.05) is 6.54 Å². The molecule has 0 aliphatic carbocycles. The molecule has 0 unspecified atom stereocenters. The van der Waals surface area contributed by atoms with Gasteiger partial charge in [0.1, 0.15) is 6.33 Å². The number of aromatic nitrogens is 5. The normalized spacial score (nSPS) is 10.1. The van der Waals surface area contributed by atoms with E-state index < -0.39 is 11.6 Å². The Labute approximate surface area is 95.3 Å². The number of amides is 1. The molecule has 0 fully saturated rings. The smallest absolute Gasteiger partial charge is 0.340 e. The van der Waals surface area contributed by atoms with Crippen molar-refractivity contribution in [2.24, 2.45) is 7.05 Å². The van der Waals surface area contributed by atoms with Crippen molar-refractivity contribution in [3.05, 3.63) is 22.5 Å². The predicted octanol–water partition coefficient (Wildman–Crippen LogP) is -1.81. The predicted molar refractivity (Wildman–Crippen MR) is 57.2 cm³/mol. The fraction of sp³-hybridized carbons (Fsp3) is 0.222. The van der Waals surface area contributed by atoms with Crippen LogP contribution in [0, 0.1) is 12.3 Å². The Balaban J connectivity index is 2.51. The van der Waals surface area contributed by atoms with E-state index in [1.807, 2.05) is 0 Å². The standard InChI is InChI=1S/C9H8N6O2/c1-3-4-10-8(16)6-7-12-13-14(2)9(17)15(7)5-11-6/h1,5H,4H2,2H3,(H,10,16). The lowest BCUT2D eigenvalue weighted by Gasteiger charge is -1.98. The Morgan fingerprint density at radius 1 is 1.65 bits per heavy atom. The summed E-state index contributed by atoms with van der Waals surface area (Å²) in [4.78, 5) is 27.0. The second kappa shape index (κ2) is 4.05. The van der Waals surface area contributed by atoms with Gasteiger partial charge in [-0.25, -0.2) is 14.2 Å². The maximum Gasteiger partial charge on any atom is 0.352 e. The van der Waals surface area contributed by atoms with E-state index in [2.05, 4.69) is 26.5 Å². The molecule has 2 heterocycles. The second-order valence-corrected chi connectivity index (χ2v) is 3.17. The number of carbonyl (C=O) groups excluding carboxylic acids is 1. The first-order valence-corrected chi connectivity index (χ1v) is 4.64. The van der Waals surface area contributed by atoms with Gasteiger partial charge < -0.3 is 5.32 Å². The van der Waals surface area contributed by atoms with Crippen molar-refractivity contribution in [3.63, 3.8) is 0 Å². The number of hydrogen-bond donors (Lipinski definition) is 1. The largest absolute Gasteiger partial charge is 0.352 e. The SMILES string of the molecule is C#CCNC(=O)c1ncn2c(=O)n(C)nnc12. The van der Waals surface area contributed by atoms with Crippen LogP contribution in [0.4, 0.5) is 0 Å². The zero-order chi connectivity index (χ0) is 12.4. The minimum absolute atomic E-state index is 0.0189. The summed E-state index contributed by atoms with van der Waals surface area (Å²) in [5.74, 6) is 1.77. The molecule has 1 amide bonds. The number of rotatable bonds is 2. The summed E-state index contributed by atoms with van der Waals surface area (Å²) in [6.07, 6.45) is 6.23.